The van der Waals surface area contributed by atoms with E-state index in [1.165, 1.54) is 6.08 Å². The SMILES string of the molecule is CCOc1cc(/C=C(\C#N)C(=O)Nc2ccc(Br)cc2C)c(Br)cc1OCc1ccccc1Cl. The summed E-state index contributed by atoms with van der Waals surface area (Å²) in [6, 6.07) is 18.4. The van der Waals surface area contributed by atoms with E-state index < -0.39 is 5.91 Å². The Morgan fingerprint density at radius 2 is 1.85 bits per heavy atom. The van der Waals surface area contributed by atoms with E-state index >= 15 is 0 Å². The van der Waals surface area contributed by atoms with Crippen LogP contribution in [0.25, 0.3) is 6.08 Å². The number of hydrogen-bond acceptors (Lipinski definition) is 4. The van der Waals surface area contributed by atoms with Crippen LogP contribution in [0.2, 0.25) is 5.02 Å². The maximum Gasteiger partial charge on any atom is 0.266 e. The van der Waals surface area contributed by atoms with Crippen molar-refractivity contribution in [1.82, 2.24) is 0 Å². The van der Waals surface area contributed by atoms with Crippen LogP contribution in [0.3, 0.4) is 0 Å². The highest BCUT2D eigenvalue weighted by atomic mass is 79.9. The van der Waals surface area contributed by atoms with E-state index in [4.69, 9.17) is 21.1 Å². The average molecular weight is 605 g/mol. The van der Waals surface area contributed by atoms with Gasteiger partial charge in [-0.1, -0.05) is 61.7 Å². The fraction of sp³-hybridized carbons (Fsp3) is 0.154. The van der Waals surface area contributed by atoms with E-state index in [0.717, 1.165) is 15.6 Å². The average Bonchev–Trinajstić information content (AvgIpc) is 2.80. The Kier molecular flexibility index (Phi) is 9.17. The number of benzene rings is 3. The van der Waals surface area contributed by atoms with Gasteiger partial charge in [0.05, 0.1) is 6.61 Å². The van der Waals surface area contributed by atoms with Crippen molar-refractivity contribution in [1.29, 1.82) is 5.26 Å². The number of ether oxygens (including phenoxy) is 2. The highest BCUT2D eigenvalue weighted by Crippen LogP contribution is 2.36. The lowest BCUT2D eigenvalue weighted by Crippen LogP contribution is -2.14. The van der Waals surface area contributed by atoms with Gasteiger partial charge in [0, 0.05) is 25.2 Å². The van der Waals surface area contributed by atoms with Gasteiger partial charge >= 0.3 is 0 Å². The standard InChI is InChI=1S/C26H21Br2ClN2O3/c1-3-33-24-12-18(21(28)13-25(24)34-15-17-6-4-5-7-22(17)29)11-19(14-30)26(32)31-23-9-8-20(27)10-16(23)2/h4-13H,3,15H2,1-2H3,(H,31,32)/b19-11+. The van der Waals surface area contributed by atoms with Crippen LogP contribution in [0, 0.1) is 18.3 Å². The van der Waals surface area contributed by atoms with Crippen LogP contribution < -0.4 is 14.8 Å². The molecule has 8 heteroatoms. The van der Waals surface area contributed by atoms with Crippen LogP contribution in [0.4, 0.5) is 5.69 Å². The molecule has 0 atom stereocenters. The van der Waals surface area contributed by atoms with E-state index in [2.05, 4.69) is 37.2 Å². The van der Waals surface area contributed by atoms with Crippen LogP contribution in [0.5, 0.6) is 11.5 Å². The van der Waals surface area contributed by atoms with Crippen molar-refractivity contribution < 1.29 is 14.3 Å². The lowest BCUT2D eigenvalue weighted by atomic mass is 10.1. The number of nitriles is 1. The molecule has 1 amide bonds. The van der Waals surface area contributed by atoms with E-state index in [-0.39, 0.29) is 12.2 Å². The number of carbonyl (C=O) groups excluding carboxylic acids is 1. The van der Waals surface area contributed by atoms with Gasteiger partial charge in [0.25, 0.3) is 5.91 Å². The second-order valence-electron chi connectivity index (χ2n) is 7.22. The van der Waals surface area contributed by atoms with Crippen molar-refractivity contribution in [3.05, 3.63) is 90.8 Å². The molecule has 0 aliphatic carbocycles. The Balaban J connectivity index is 1.87. The molecule has 0 radical (unpaired) electrons. The molecule has 3 aromatic carbocycles. The molecule has 0 aromatic heterocycles. The van der Waals surface area contributed by atoms with E-state index in [1.54, 1.807) is 24.3 Å². The van der Waals surface area contributed by atoms with Crippen molar-refractivity contribution in [3.63, 3.8) is 0 Å². The molecule has 174 valence electrons. The number of halogens is 3. The van der Waals surface area contributed by atoms with Crippen LogP contribution >= 0.6 is 43.5 Å². The summed E-state index contributed by atoms with van der Waals surface area (Å²) in [7, 11) is 0. The van der Waals surface area contributed by atoms with Crippen LogP contribution in [-0.2, 0) is 11.4 Å². The van der Waals surface area contributed by atoms with Gasteiger partial charge in [-0.05, 0) is 67.4 Å². The van der Waals surface area contributed by atoms with Gasteiger partial charge in [-0.15, -0.1) is 0 Å². The summed E-state index contributed by atoms with van der Waals surface area (Å²) >= 11 is 13.1. The van der Waals surface area contributed by atoms with Crippen LogP contribution in [-0.4, -0.2) is 12.5 Å². The van der Waals surface area contributed by atoms with Crippen LogP contribution in [0.1, 0.15) is 23.6 Å². The highest BCUT2D eigenvalue weighted by Gasteiger charge is 2.15. The minimum Gasteiger partial charge on any atom is -0.490 e. The monoisotopic (exact) mass is 602 g/mol. The minimum absolute atomic E-state index is 0.0461. The predicted molar refractivity (Wildman–Crippen MR) is 142 cm³/mol. The summed E-state index contributed by atoms with van der Waals surface area (Å²) in [5, 5.41) is 13.0. The molecule has 0 heterocycles. The van der Waals surface area contributed by atoms with Gasteiger partial charge < -0.3 is 14.8 Å². The lowest BCUT2D eigenvalue weighted by molar-refractivity contribution is -0.112. The van der Waals surface area contributed by atoms with E-state index in [0.29, 0.717) is 38.9 Å². The zero-order valence-electron chi connectivity index (χ0n) is 18.5. The Bertz CT molecular complexity index is 1290. The summed E-state index contributed by atoms with van der Waals surface area (Å²) in [5.41, 5.74) is 2.91. The van der Waals surface area contributed by atoms with Crippen molar-refractivity contribution in [2.45, 2.75) is 20.5 Å². The number of aryl methyl sites for hydroxylation is 1. The van der Waals surface area contributed by atoms with E-state index in [9.17, 15) is 10.1 Å². The molecular formula is C26H21Br2ClN2O3. The Labute approximate surface area is 220 Å². The van der Waals surface area contributed by atoms with Crippen molar-refractivity contribution in [2.24, 2.45) is 0 Å². The number of carbonyl (C=O) groups is 1. The molecule has 0 fully saturated rings. The first kappa shape index (κ1) is 25.8. The molecule has 0 unspecified atom stereocenters. The third-order valence-electron chi connectivity index (χ3n) is 4.81. The fourth-order valence-electron chi connectivity index (χ4n) is 3.07. The van der Waals surface area contributed by atoms with E-state index in [1.807, 2.05) is 50.2 Å². The maximum atomic E-state index is 12.8. The normalized spacial score (nSPS) is 11.0. The number of nitrogens with zero attached hydrogens (tertiary/aromatic N) is 1. The van der Waals surface area contributed by atoms with Gasteiger partial charge in [0.1, 0.15) is 18.2 Å². The minimum atomic E-state index is -0.503. The van der Waals surface area contributed by atoms with Gasteiger partial charge in [-0.2, -0.15) is 5.26 Å². The number of nitrogens with one attached hydrogen (secondary N) is 1. The molecule has 0 aliphatic rings. The van der Waals surface area contributed by atoms with Gasteiger partial charge in [-0.3, -0.25) is 4.79 Å². The largest absolute Gasteiger partial charge is 0.490 e. The molecule has 34 heavy (non-hydrogen) atoms. The van der Waals surface area contributed by atoms with Crippen molar-refractivity contribution >= 4 is 61.1 Å². The van der Waals surface area contributed by atoms with Crippen molar-refractivity contribution in [3.8, 4) is 17.6 Å². The quantitative estimate of drug-likeness (QED) is 0.211. The molecule has 0 bridgehead atoms. The van der Waals surface area contributed by atoms with Crippen LogP contribution in [0.15, 0.2) is 69.1 Å². The summed E-state index contributed by atoms with van der Waals surface area (Å²) in [5.74, 6) is 0.501. The number of hydrogen-bond donors (Lipinski definition) is 1. The zero-order valence-corrected chi connectivity index (χ0v) is 22.4. The molecule has 0 saturated carbocycles. The zero-order chi connectivity index (χ0) is 24.7. The number of rotatable bonds is 8. The molecule has 5 nitrogen and oxygen atoms in total. The molecule has 0 aliphatic heterocycles. The fourth-order valence-corrected chi connectivity index (χ4v) is 4.18. The van der Waals surface area contributed by atoms with Gasteiger partial charge in [0.15, 0.2) is 11.5 Å². The summed E-state index contributed by atoms with van der Waals surface area (Å²) < 4.78 is 13.3. The first-order valence-corrected chi connectivity index (χ1v) is 12.3. The Hall–Kier alpha value is -2.79. The summed E-state index contributed by atoms with van der Waals surface area (Å²) in [6.07, 6.45) is 1.51. The molecule has 3 rings (SSSR count). The number of anilines is 1. The second-order valence-corrected chi connectivity index (χ2v) is 9.39. The number of amides is 1. The molecule has 0 spiro atoms. The molecule has 0 saturated heterocycles. The molecule has 3 aromatic rings. The summed E-state index contributed by atoms with van der Waals surface area (Å²) in [6.45, 7) is 4.42. The predicted octanol–water partition coefficient (Wildman–Crippen LogP) is 7.70. The van der Waals surface area contributed by atoms with Gasteiger partial charge in [-0.25, -0.2) is 0 Å². The van der Waals surface area contributed by atoms with Gasteiger partial charge in [0.2, 0.25) is 0 Å². The molecule has 1 N–H and O–H groups in total. The smallest absolute Gasteiger partial charge is 0.266 e. The first-order chi connectivity index (χ1) is 16.3. The summed E-state index contributed by atoms with van der Waals surface area (Å²) in [4.78, 5) is 12.8. The topological polar surface area (TPSA) is 71.3 Å². The highest BCUT2D eigenvalue weighted by molar-refractivity contribution is 9.10. The third-order valence-corrected chi connectivity index (χ3v) is 6.35. The maximum absolute atomic E-state index is 12.8. The van der Waals surface area contributed by atoms with Crippen molar-refractivity contribution in [2.75, 3.05) is 11.9 Å². The Morgan fingerprint density at radius 3 is 2.53 bits per heavy atom. The second kappa shape index (κ2) is 12.1. The molecular weight excluding hydrogens is 584 g/mol. The third kappa shape index (κ3) is 6.63. The Morgan fingerprint density at radius 1 is 1.12 bits per heavy atom. The first-order valence-electron chi connectivity index (χ1n) is 10.3. The lowest BCUT2D eigenvalue weighted by Gasteiger charge is -2.15.